The zero-order chi connectivity index (χ0) is 27.5. The number of hydrogen-bond acceptors (Lipinski definition) is 4. The van der Waals surface area contributed by atoms with Crippen molar-refractivity contribution in [2.45, 2.75) is 131 Å². The van der Waals surface area contributed by atoms with Gasteiger partial charge in [0.25, 0.3) is 0 Å². The first kappa shape index (κ1) is 30.1. The van der Waals surface area contributed by atoms with Crippen LogP contribution in [0.15, 0.2) is 11.6 Å². The van der Waals surface area contributed by atoms with Crippen molar-refractivity contribution in [2.24, 2.45) is 46.3 Å². The van der Waals surface area contributed by atoms with Crippen molar-refractivity contribution in [3.8, 4) is 0 Å². The molecule has 4 heteroatoms. The van der Waals surface area contributed by atoms with Gasteiger partial charge in [-0.15, -0.1) is 0 Å². The summed E-state index contributed by atoms with van der Waals surface area (Å²) in [5.41, 5.74) is 2.40. The van der Waals surface area contributed by atoms with E-state index in [9.17, 15) is 4.79 Å². The Hall–Kier alpha value is -0.870. The Balaban J connectivity index is 1.35. The molecule has 4 rings (SSSR count). The summed E-state index contributed by atoms with van der Waals surface area (Å²) in [6, 6.07) is 0. The molecule has 0 saturated heterocycles. The fourth-order valence-corrected chi connectivity index (χ4v) is 9.51. The highest BCUT2D eigenvalue weighted by Gasteiger charge is 2.59. The molecule has 0 heterocycles. The number of fused-ring (bicyclic) bond motifs is 5. The molecule has 4 aliphatic carbocycles. The molecule has 0 aromatic carbocycles. The molecule has 1 unspecified atom stereocenters. The number of carbonyl (C=O) groups excluding carboxylic acids is 1. The fraction of sp³-hybridized carbons (Fsp3) is 0.912. The fourth-order valence-electron chi connectivity index (χ4n) is 9.51. The van der Waals surface area contributed by atoms with E-state index in [4.69, 9.17) is 14.2 Å². The molecule has 4 nitrogen and oxygen atoms in total. The predicted molar refractivity (Wildman–Crippen MR) is 155 cm³/mol. The molecule has 3 fully saturated rings. The molecule has 9 atom stereocenters. The van der Waals surface area contributed by atoms with Crippen LogP contribution in [-0.2, 0) is 19.0 Å². The quantitative estimate of drug-likeness (QED) is 0.144. The molecule has 38 heavy (non-hydrogen) atoms. The van der Waals surface area contributed by atoms with E-state index in [1.54, 1.807) is 12.5 Å². The lowest BCUT2D eigenvalue weighted by Crippen LogP contribution is -2.51. The molecular weight excluding hydrogens is 472 g/mol. The molecule has 0 bridgehead atoms. The van der Waals surface area contributed by atoms with Crippen LogP contribution in [-0.4, -0.2) is 38.0 Å². The standard InChI is InChI=1S/C34H58O4/c1-8-36-20-21-37-25(5)32(35)38-27-16-18-33(6)26(22-27)12-13-28-30-15-14-29(24(4)11-9-10-23(2)3)34(30,7)19-17-31(28)33/h12,23-25,27-31H,8-11,13-22H2,1-7H3/t24-,25?,27+,28+,29-,30+,31+,33+,34-/m1/s1. The number of hydrogen-bond donors (Lipinski definition) is 0. The first-order valence-corrected chi connectivity index (χ1v) is 16.2. The summed E-state index contributed by atoms with van der Waals surface area (Å²) in [6.07, 6.45) is 16.2. The Kier molecular flexibility index (Phi) is 10.1. The number of rotatable bonds is 12. The maximum atomic E-state index is 12.7. The minimum Gasteiger partial charge on any atom is -0.460 e. The Labute approximate surface area is 234 Å². The number of allylic oxidation sites excluding steroid dienone is 1. The van der Waals surface area contributed by atoms with Gasteiger partial charge in [0, 0.05) is 13.0 Å². The maximum absolute atomic E-state index is 12.7. The highest BCUT2D eigenvalue weighted by Crippen LogP contribution is 2.67. The highest BCUT2D eigenvalue weighted by molar-refractivity contribution is 5.74. The number of esters is 1. The topological polar surface area (TPSA) is 44.8 Å². The first-order valence-electron chi connectivity index (χ1n) is 16.2. The zero-order valence-corrected chi connectivity index (χ0v) is 25.7. The molecule has 0 radical (unpaired) electrons. The Morgan fingerprint density at radius 2 is 1.79 bits per heavy atom. The van der Waals surface area contributed by atoms with Gasteiger partial charge in [0.15, 0.2) is 6.10 Å². The monoisotopic (exact) mass is 530 g/mol. The normalized spacial score (nSPS) is 38.1. The summed E-state index contributed by atoms with van der Waals surface area (Å²) in [4.78, 5) is 12.7. The van der Waals surface area contributed by atoms with Crippen LogP contribution in [0.5, 0.6) is 0 Å². The van der Waals surface area contributed by atoms with Crippen LogP contribution in [0.2, 0.25) is 0 Å². The lowest BCUT2D eigenvalue weighted by Gasteiger charge is -2.58. The smallest absolute Gasteiger partial charge is 0.335 e. The van der Waals surface area contributed by atoms with Gasteiger partial charge in [0.2, 0.25) is 0 Å². The van der Waals surface area contributed by atoms with Gasteiger partial charge in [-0.1, -0.05) is 65.5 Å². The summed E-state index contributed by atoms with van der Waals surface area (Å²) in [5, 5.41) is 0. The molecule has 218 valence electrons. The van der Waals surface area contributed by atoms with Crippen molar-refractivity contribution in [1.82, 2.24) is 0 Å². The third-order valence-electron chi connectivity index (χ3n) is 11.7. The van der Waals surface area contributed by atoms with Crippen LogP contribution in [0, 0.1) is 46.3 Å². The molecule has 0 aromatic heterocycles. The van der Waals surface area contributed by atoms with Crippen LogP contribution in [0.25, 0.3) is 0 Å². The Bertz CT molecular complexity index is 819. The van der Waals surface area contributed by atoms with Gasteiger partial charge in [-0.05, 0) is 105 Å². The second-order valence-corrected chi connectivity index (χ2v) is 14.3. The van der Waals surface area contributed by atoms with Crippen molar-refractivity contribution in [3.05, 3.63) is 11.6 Å². The van der Waals surface area contributed by atoms with E-state index in [0.29, 0.717) is 25.2 Å². The Morgan fingerprint density at radius 3 is 2.53 bits per heavy atom. The lowest BCUT2D eigenvalue weighted by molar-refractivity contribution is -0.164. The van der Waals surface area contributed by atoms with Gasteiger partial charge in [0.1, 0.15) is 6.10 Å². The second-order valence-electron chi connectivity index (χ2n) is 14.3. The average Bonchev–Trinajstić information content (AvgIpc) is 3.23. The van der Waals surface area contributed by atoms with Crippen molar-refractivity contribution in [2.75, 3.05) is 19.8 Å². The van der Waals surface area contributed by atoms with E-state index in [1.807, 2.05) is 6.92 Å². The van der Waals surface area contributed by atoms with E-state index in [2.05, 4.69) is 40.7 Å². The maximum Gasteiger partial charge on any atom is 0.335 e. The molecule has 0 spiro atoms. The third kappa shape index (κ3) is 6.22. The van der Waals surface area contributed by atoms with E-state index in [-0.39, 0.29) is 17.5 Å². The van der Waals surface area contributed by atoms with Crippen LogP contribution >= 0.6 is 0 Å². The van der Waals surface area contributed by atoms with Gasteiger partial charge < -0.3 is 14.2 Å². The summed E-state index contributed by atoms with van der Waals surface area (Å²) >= 11 is 0. The van der Waals surface area contributed by atoms with Gasteiger partial charge in [0.05, 0.1) is 13.2 Å². The van der Waals surface area contributed by atoms with Crippen molar-refractivity contribution in [1.29, 1.82) is 0 Å². The predicted octanol–water partition coefficient (Wildman–Crippen LogP) is 8.38. The molecule has 4 aliphatic rings. The zero-order valence-electron chi connectivity index (χ0n) is 25.7. The summed E-state index contributed by atoms with van der Waals surface area (Å²) in [7, 11) is 0. The van der Waals surface area contributed by atoms with Gasteiger partial charge in [-0.3, -0.25) is 0 Å². The van der Waals surface area contributed by atoms with E-state index >= 15 is 0 Å². The van der Waals surface area contributed by atoms with Crippen molar-refractivity contribution < 1.29 is 19.0 Å². The van der Waals surface area contributed by atoms with Crippen molar-refractivity contribution >= 4 is 5.97 Å². The minimum absolute atomic E-state index is 0.00674. The van der Waals surface area contributed by atoms with Gasteiger partial charge in [-0.25, -0.2) is 4.79 Å². The number of carbonyl (C=O) groups is 1. The third-order valence-corrected chi connectivity index (χ3v) is 11.7. The van der Waals surface area contributed by atoms with Crippen LogP contribution < -0.4 is 0 Å². The largest absolute Gasteiger partial charge is 0.460 e. The second kappa shape index (κ2) is 12.8. The average molecular weight is 531 g/mol. The first-order chi connectivity index (χ1) is 18.1. The molecule has 0 N–H and O–H groups in total. The summed E-state index contributed by atoms with van der Waals surface area (Å²) in [5.74, 6) is 4.90. The number of ether oxygens (including phenoxy) is 3. The van der Waals surface area contributed by atoms with Crippen LogP contribution in [0.3, 0.4) is 0 Å². The molecular formula is C34H58O4. The molecule has 0 aromatic rings. The molecule has 3 saturated carbocycles. The minimum atomic E-state index is -0.535. The van der Waals surface area contributed by atoms with Gasteiger partial charge in [-0.2, -0.15) is 0 Å². The van der Waals surface area contributed by atoms with Crippen molar-refractivity contribution in [3.63, 3.8) is 0 Å². The van der Waals surface area contributed by atoms with E-state index in [0.717, 1.165) is 54.8 Å². The summed E-state index contributed by atoms with van der Waals surface area (Å²) in [6.45, 7) is 17.9. The van der Waals surface area contributed by atoms with Crippen LogP contribution in [0.1, 0.15) is 119 Å². The van der Waals surface area contributed by atoms with E-state index < -0.39 is 6.10 Å². The highest BCUT2D eigenvalue weighted by atomic mass is 16.6. The van der Waals surface area contributed by atoms with Crippen LogP contribution in [0.4, 0.5) is 0 Å². The Morgan fingerprint density at radius 1 is 1.00 bits per heavy atom. The lowest BCUT2D eigenvalue weighted by atomic mass is 9.47. The molecule has 0 aliphatic heterocycles. The molecule has 0 amide bonds. The van der Waals surface area contributed by atoms with Gasteiger partial charge >= 0.3 is 5.97 Å². The SMILES string of the molecule is CCOCCOC(C)C(=O)O[C@H]1CC[C@@]2(C)C(=CC[C@H]3[C@@H]4CC[C@H]([C@H](C)CCCC(C)C)[C@@]4(C)CC[C@@H]32)C1. The van der Waals surface area contributed by atoms with E-state index in [1.165, 1.54) is 51.4 Å². The summed E-state index contributed by atoms with van der Waals surface area (Å²) < 4.78 is 16.9.